The Balaban J connectivity index is 1.98. The van der Waals surface area contributed by atoms with Gasteiger partial charge in [0.05, 0.1) is 29.6 Å². The molecule has 2 aromatic carbocycles. The molecule has 3 rings (SSSR count). The fourth-order valence-corrected chi connectivity index (χ4v) is 3.20. The second-order valence-corrected chi connectivity index (χ2v) is 5.52. The minimum Gasteiger partial charge on any atom is -0.306 e. The largest absolute Gasteiger partial charge is 0.306 e. The average molecular weight is 280 g/mol. The van der Waals surface area contributed by atoms with Gasteiger partial charge in [-0.05, 0) is 23.8 Å². The third kappa shape index (κ3) is 2.28. The lowest BCUT2D eigenvalue weighted by Crippen LogP contribution is -2.34. The number of carbonyl (C=O) groups excluding carboxylic acids is 1. The highest BCUT2D eigenvalue weighted by Gasteiger charge is 2.24. The van der Waals surface area contributed by atoms with E-state index in [1.54, 1.807) is 22.7 Å². The normalized spacial score (nSPS) is 13.8. The number of fused-ring (bicyclic) bond motifs is 1. The third-order valence-electron chi connectivity index (χ3n) is 3.27. The van der Waals surface area contributed by atoms with Crippen molar-refractivity contribution in [3.8, 4) is 6.07 Å². The fraction of sp³-hybridized carbons (Fsp3) is 0.125. The van der Waals surface area contributed by atoms with Crippen LogP contribution in [0, 0.1) is 11.3 Å². The quantitative estimate of drug-likeness (QED) is 0.848. The molecule has 0 unspecified atom stereocenters. The van der Waals surface area contributed by atoms with Crippen molar-refractivity contribution in [3.05, 3.63) is 59.7 Å². The minimum absolute atomic E-state index is 0.0847. The maximum Gasteiger partial charge on any atom is 0.237 e. The first-order chi connectivity index (χ1) is 9.79. The van der Waals surface area contributed by atoms with Crippen LogP contribution in [-0.2, 0) is 11.3 Å². The summed E-state index contributed by atoms with van der Waals surface area (Å²) in [6.07, 6.45) is 0. The van der Waals surface area contributed by atoms with Gasteiger partial charge in [-0.1, -0.05) is 30.3 Å². The van der Waals surface area contributed by atoms with Crippen molar-refractivity contribution < 1.29 is 4.79 Å². The number of benzene rings is 2. The number of nitrogens with zero attached hydrogens (tertiary/aromatic N) is 2. The van der Waals surface area contributed by atoms with E-state index in [9.17, 15) is 4.79 Å². The molecule has 0 atom stereocenters. The van der Waals surface area contributed by atoms with Crippen molar-refractivity contribution >= 4 is 23.4 Å². The molecule has 1 aliphatic rings. The second kappa shape index (κ2) is 5.40. The van der Waals surface area contributed by atoms with Crippen LogP contribution in [-0.4, -0.2) is 11.7 Å². The zero-order chi connectivity index (χ0) is 13.9. The van der Waals surface area contributed by atoms with E-state index in [0.29, 0.717) is 17.9 Å². The molecule has 0 N–H and O–H groups in total. The number of hydrogen-bond donors (Lipinski definition) is 0. The molecule has 0 saturated carbocycles. The molecule has 4 heteroatoms. The van der Waals surface area contributed by atoms with Gasteiger partial charge < -0.3 is 4.90 Å². The van der Waals surface area contributed by atoms with Gasteiger partial charge in [0.15, 0.2) is 0 Å². The molecular formula is C16H12N2OS. The van der Waals surface area contributed by atoms with Gasteiger partial charge in [-0.25, -0.2) is 0 Å². The zero-order valence-corrected chi connectivity index (χ0v) is 11.6. The molecule has 0 bridgehead atoms. The van der Waals surface area contributed by atoms with Gasteiger partial charge in [-0.15, -0.1) is 11.8 Å². The molecule has 2 aromatic rings. The monoisotopic (exact) mass is 280 g/mol. The van der Waals surface area contributed by atoms with Crippen LogP contribution < -0.4 is 4.90 Å². The van der Waals surface area contributed by atoms with Crippen molar-refractivity contribution in [2.75, 3.05) is 10.7 Å². The number of hydrogen-bond acceptors (Lipinski definition) is 3. The molecule has 0 saturated heterocycles. The average Bonchev–Trinajstić information content (AvgIpc) is 2.50. The van der Waals surface area contributed by atoms with E-state index in [2.05, 4.69) is 6.07 Å². The molecule has 0 radical (unpaired) electrons. The molecule has 3 nitrogen and oxygen atoms in total. The summed E-state index contributed by atoms with van der Waals surface area (Å²) in [5, 5.41) is 9.15. The van der Waals surface area contributed by atoms with E-state index in [4.69, 9.17) is 5.26 Å². The van der Waals surface area contributed by atoms with Crippen LogP contribution >= 0.6 is 11.8 Å². The smallest absolute Gasteiger partial charge is 0.237 e. The Bertz CT molecular complexity index is 706. The van der Waals surface area contributed by atoms with Gasteiger partial charge in [0.1, 0.15) is 0 Å². The van der Waals surface area contributed by atoms with Crippen molar-refractivity contribution in [1.82, 2.24) is 0 Å². The Morgan fingerprint density at radius 3 is 2.75 bits per heavy atom. The highest BCUT2D eigenvalue weighted by molar-refractivity contribution is 8.00. The number of thioether (sulfide) groups is 1. The second-order valence-electron chi connectivity index (χ2n) is 4.51. The summed E-state index contributed by atoms with van der Waals surface area (Å²) in [5.41, 5.74) is 2.43. The number of para-hydroxylation sites is 1. The van der Waals surface area contributed by atoms with Gasteiger partial charge in [0.2, 0.25) is 5.91 Å². The lowest BCUT2D eigenvalue weighted by atomic mass is 10.1. The number of carbonyl (C=O) groups is 1. The van der Waals surface area contributed by atoms with Crippen LogP contribution in [0.2, 0.25) is 0 Å². The Hall–Kier alpha value is -2.25. The number of anilines is 1. The minimum atomic E-state index is 0.0847. The van der Waals surface area contributed by atoms with E-state index in [1.165, 1.54) is 0 Å². The molecule has 1 aliphatic heterocycles. The summed E-state index contributed by atoms with van der Waals surface area (Å²) in [7, 11) is 0. The van der Waals surface area contributed by atoms with Crippen LogP contribution in [0.3, 0.4) is 0 Å². The predicted octanol–water partition coefficient (Wildman–Crippen LogP) is 3.20. The van der Waals surface area contributed by atoms with Crippen molar-refractivity contribution in [2.45, 2.75) is 11.4 Å². The van der Waals surface area contributed by atoms with E-state index in [-0.39, 0.29) is 5.91 Å². The molecule has 20 heavy (non-hydrogen) atoms. The van der Waals surface area contributed by atoms with Crippen molar-refractivity contribution in [1.29, 1.82) is 5.26 Å². The first-order valence-corrected chi connectivity index (χ1v) is 7.28. The van der Waals surface area contributed by atoms with Crippen molar-refractivity contribution in [3.63, 3.8) is 0 Å². The SMILES string of the molecule is N#Cc1ccccc1CN1C(=O)CSc2ccccc21. The van der Waals surface area contributed by atoms with Gasteiger partial charge in [-0.3, -0.25) is 4.79 Å². The lowest BCUT2D eigenvalue weighted by Gasteiger charge is -2.29. The Kier molecular flexibility index (Phi) is 3.44. The predicted molar refractivity (Wildman–Crippen MR) is 79.5 cm³/mol. The molecule has 1 heterocycles. The van der Waals surface area contributed by atoms with E-state index < -0.39 is 0 Å². The number of rotatable bonds is 2. The zero-order valence-electron chi connectivity index (χ0n) is 10.7. The maximum absolute atomic E-state index is 12.2. The molecular weight excluding hydrogens is 268 g/mol. The Morgan fingerprint density at radius 1 is 1.15 bits per heavy atom. The summed E-state index contributed by atoms with van der Waals surface area (Å²) in [6, 6.07) is 17.5. The summed E-state index contributed by atoms with van der Waals surface area (Å²) in [5.74, 6) is 0.535. The molecule has 0 spiro atoms. The standard InChI is InChI=1S/C16H12N2OS/c17-9-12-5-1-2-6-13(12)10-18-14-7-3-4-8-15(14)20-11-16(18)19/h1-8H,10-11H2. The molecule has 1 amide bonds. The van der Waals surface area contributed by atoms with E-state index in [0.717, 1.165) is 16.1 Å². The summed E-state index contributed by atoms with van der Waals surface area (Å²) in [4.78, 5) is 15.1. The molecule has 0 aliphatic carbocycles. The van der Waals surface area contributed by atoms with Crippen LogP contribution in [0.15, 0.2) is 53.4 Å². The van der Waals surface area contributed by atoms with Crippen LogP contribution in [0.25, 0.3) is 0 Å². The lowest BCUT2D eigenvalue weighted by molar-refractivity contribution is -0.116. The number of amides is 1. The number of nitriles is 1. The molecule has 0 fully saturated rings. The van der Waals surface area contributed by atoms with Crippen LogP contribution in [0.4, 0.5) is 5.69 Å². The first kappa shape index (κ1) is 12.8. The van der Waals surface area contributed by atoms with E-state index in [1.807, 2.05) is 42.5 Å². The van der Waals surface area contributed by atoms with Crippen LogP contribution in [0.5, 0.6) is 0 Å². The highest BCUT2D eigenvalue weighted by Crippen LogP contribution is 2.35. The summed E-state index contributed by atoms with van der Waals surface area (Å²) < 4.78 is 0. The van der Waals surface area contributed by atoms with E-state index >= 15 is 0 Å². The Labute approximate surface area is 121 Å². The topological polar surface area (TPSA) is 44.1 Å². The molecule has 0 aromatic heterocycles. The first-order valence-electron chi connectivity index (χ1n) is 6.30. The van der Waals surface area contributed by atoms with Gasteiger partial charge in [-0.2, -0.15) is 5.26 Å². The maximum atomic E-state index is 12.2. The van der Waals surface area contributed by atoms with Crippen molar-refractivity contribution in [2.24, 2.45) is 0 Å². The van der Waals surface area contributed by atoms with Gasteiger partial charge in [0, 0.05) is 4.90 Å². The summed E-state index contributed by atoms with van der Waals surface area (Å²) in [6.45, 7) is 0.445. The fourth-order valence-electron chi connectivity index (χ4n) is 2.26. The van der Waals surface area contributed by atoms with Gasteiger partial charge >= 0.3 is 0 Å². The molecule has 98 valence electrons. The Morgan fingerprint density at radius 2 is 1.90 bits per heavy atom. The highest BCUT2D eigenvalue weighted by atomic mass is 32.2. The summed E-state index contributed by atoms with van der Waals surface area (Å²) >= 11 is 1.56. The third-order valence-corrected chi connectivity index (χ3v) is 4.32. The van der Waals surface area contributed by atoms with Crippen LogP contribution in [0.1, 0.15) is 11.1 Å². The van der Waals surface area contributed by atoms with Gasteiger partial charge in [0.25, 0.3) is 0 Å².